The van der Waals surface area contributed by atoms with Crippen molar-refractivity contribution in [3.63, 3.8) is 0 Å². The van der Waals surface area contributed by atoms with Crippen LogP contribution in [0.1, 0.15) is 34.7 Å². The first-order valence-electron chi connectivity index (χ1n) is 5.44. The summed E-state index contributed by atoms with van der Waals surface area (Å²) in [6.45, 7) is 7.78. The average Bonchev–Trinajstić information content (AvgIpc) is 2.52. The Morgan fingerprint density at radius 2 is 2.20 bits per heavy atom. The molecule has 1 nitrogen and oxygen atoms in total. The predicted octanol–water partition coefficient (Wildman–Crippen LogP) is 3.77. The van der Waals surface area contributed by atoms with Crippen LogP contribution < -0.4 is 5.32 Å². The van der Waals surface area contributed by atoms with Gasteiger partial charge in [-0.05, 0) is 57.4 Å². The quantitative estimate of drug-likeness (QED) is 0.763. The fourth-order valence-corrected chi connectivity index (χ4v) is 3.18. The zero-order chi connectivity index (χ0) is 11.3. The van der Waals surface area contributed by atoms with E-state index in [4.69, 9.17) is 0 Å². The second kappa shape index (κ2) is 6.56. The molecule has 0 bridgehead atoms. The molecule has 0 aliphatic rings. The molecule has 0 radical (unpaired) electrons. The Labute approximate surface area is 102 Å². The highest BCUT2D eigenvalue weighted by Gasteiger charge is 2.09. The van der Waals surface area contributed by atoms with E-state index in [1.54, 1.807) is 0 Å². The molecule has 0 saturated carbocycles. The van der Waals surface area contributed by atoms with Gasteiger partial charge < -0.3 is 5.32 Å². The van der Waals surface area contributed by atoms with Gasteiger partial charge in [0.2, 0.25) is 0 Å². The van der Waals surface area contributed by atoms with Crippen molar-refractivity contribution < 1.29 is 0 Å². The predicted molar refractivity (Wildman–Crippen MR) is 73.2 cm³/mol. The molecular formula is C12H21NS2. The van der Waals surface area contributed by atoms with Crippen molar-refractivity contribution in [2.45, 2.75) is 33.2 Å². The lowest BCUT2D eigenvalue weighted by Crippen LogP contribution is -2.20. The first-order valence-corrected chi connectivity index (χ1v) is 7.65. The standard InChI is InChI=1S/C12H21NS2/c1-9-8-12(11(3)15-9)10(2)13-6-5-7-14-4/h8,10,13H,5-7H2,1-4H3. The van der Waals surface area contributed by atoms with E-state index in [2.05, 4.69) is 38.4 Å². The molecule has 86 valence electrons. The van der Waals surface area contributed by atoms with Gasteiger partial charge in [-0.25, -0.2) is 0 Å². The number of hydrogen-bond donors (Lipinski definition) is 1. The van der Waals surface area contributed by atoms with Crippen molar-refractivity contribution in [3.8, 4) is 0 Å². The van der Waals surface area contributed by atoms with Gasteiger partial charge in [0.25, 0.3) is 0 Å². The van der Waals surface area contributed by atoms with Crippen LogP contribution in [0, 0.1) is 13.8 Å². The van der Waals surface area contributed by atoms with Crippen LogP contribution in [0.4, 0.5) is 0 Å². The molecule has 1 atom stereocenters. The summed E-state index contributed by atoms with van der Waals surface area (Å²) in [5, 5.41) is 3.58. The van der Waals surface area contributed by atoms with Crippen molar-refractivity contribution in [1.82, 2.24) is 5.32 Å². The van der Waals surface area contributed by atoms with E-state index in [9.17, 15) is 0 Å². The summed E-state index contributed by atoms with van der Waals surface area (Å²) in [5.74, 6) is 1.25. The summed E-state index contributed by atoms with van der Waals surface area (Å²) in [4.78, 5) is 2.87. The molecular weight excluding hydrogens is 222 g/mol. The van der Waals surface area contributed by atoms with Gasteiger partial charge in [-0.2, -0.15) is 11.8 Å². The highest BCUT2D eigenvalue weighted by molar-refractivity contribution is 7.98. The highest BCUT2D eigenvalue weighted by Crippen LogP contribution is 2.25. The Morgan fingerprint density at radius 1 is 1.47 bits per heavy atom. The van der Waals surface area contributed by atoms with E-state index in [1.807, 2.05) is 23.1 Å². The molecule has 0 spiro atoms. The first kappa shape index (κ1) is 13.1. The van der Waals surface area contributed by atoms with E-state index in [0.29, 0.717) is 6.04 Å². The van der Waals surface area contributed by atoms with Crippen molar-refractivity contribution in [1.29, 1.82) is 0 Å². The summed E-state index contributed by atoms with van der Waals surface area (Å²) < 4.78 is 0. The van der Waals surface area contributed by atoms with Gasteiger partial charge in [0.15, 0.2) is 0 Å². The van der Waals surface area contributed by atoms with Crippen LogP contribution in [-0.4, -0.2) is 18.6 Å². The van der Waals surface area contributed by atoms with E-state index < -0.39 is 0 Å². The SMILES string of the molecule is CSCCCNC(C)c1cc(C)sc1C. The van der Waals surface area contributed by atoms with E-state index in [-0.39, 0.29) is 0 Å². The summed E-state index contributed by atoms with van der Waals surface area (Å²) in [5.41, 5.74) is 1.47. The van der Waals surface area contributed by atoms with E-state index >= 15 is 0 Å². The Hall–Kier alpha value is 0.01000. The minimum atomic E-state index is 0.497. The van der Waals surface area contributed by atoms with Gasteiger partial charge in [-0.3, -0.25) is 0 Å². The molecule has 1 rings (SSSR count). The third-order valence-corrected chi connectivity index (χ3v) is 4.20. The zero-order valence-corrected chi connectivity index (χ0v) is 11.7. The summed E-state index contributed by atoms with van der Waals surface area (Å²) in [6, 6.07) is 2.81. The molecule has 1 heterocycles. The Balaban J connectivity index is 2.39. The van der Waals surface area contributed by atoms with Gasteiger partial charge >= 0.3 is 0 Å². The van der Waals surface area contributed by atoms with Crippen molar-refractivity contribution >= 4 is 23.1 Å². The lowest BCUT2D eigenvalue weighted by molar-refractivity contribution is 0.572. The third-order valence-electron chi connectivity index (χ3n) is 2.52. The largest absolute Gasteiger partial charge is 0.310 e. The maximum absolute atomic E-state index is 3.58. The van der Waals surface area contributed by atoms with E-state index in [0.717, 1.165) is 6.54 Å². The normalized spacial score (nSPS) is 13.1. The molecule has 1 unspecified atom stereocenters. The molecule has 1 aromatic heterocycles. The third kappa shape index (κ3) is 4.17. The monoisotopic (exact) mass is 243 g/mol. The highest BCUT2D eigenvalue weighted by atomic mass is 32.2. The lowest BCUT2D eigenvalue weighted by Gasteiger charge is -2.13. The molecule has 0 aliphatic carbocycles. The molecule has 0 aromatic carbocycles. The van der Waals surface area contributed by atoms with Crippen LogP contribution in [0.5, 0.6) is 0 Å². The number of thiophene rings is 1. The number of rotatable bonds is 6. The molecule has 3 heteroatoms. The number of thioether (sulfide) groups is 1. The van der Waals surface area contributed by atoms with Gasteiger partial charge in [0.1, 0.15) is 0 Å². The molecule has 0 fully saturated rings. The second-order valence-electron chi connectivity index (χ2n) is 3.89. The zero-order valence-electron chi connectivity index (χ0n) is 10.1. The maximum Gasteiger partial charge on any atom is 0.0302 e. The minimum Gasteiger partial charge on any atom is -0.310 e. The first-order chi connectivity index (χ1) is 7.15. The molecule has 1 aromatic rings. The minimum absolute atomic E-state index is 0.497. The fourth-order valence-electron chi connectivity index (χ4n) is 1.73. The van der Waals surface area contributed by atoms with Crippen LogP contribution in [0.25, 0.3) is 0 Å². The summed E-state index contributed by atoms with van der Waals surface area (Å²) >= 11 is 3.82. The molecule has 0 amide bonds. The van der Waals surface area contributed by atoms with Crippen LogP contribution in [0.15, 0.2) is 6.07 Å². The average molecular weight is 243 g/mol. The maximum atomic E-state index is 3.58. The number of nitrogens with one attached hydrogen (secondary N) is 1. The second-order valence-corrected chi connectivity index (χ2v) is 6.34. The topological polar surface area (TPSA) is 12.0 Å². The molecule has 0 saturated heterocycles. The summed E-state index contributed by atoms with van der Waals surface area (Å²) in [6.07, 6.45) is 3.42. The van der Waals surface area contributed by atoms with Crippen molar-refractivity contribution in [2.24, 2.45) is 0 Å². The Bertz CT molecular complexity index is 294. The van der Waals surface area contributed by atoms with Gasteiger partial charge in [-0.1, -0.05) is 0 Å². The Morgan fingerprint density at radius 3 is 2.73 bits per heavy atom. The number of aryl methyl sites for hydroxylation is 2. The fraction of sp³-hybridized carbons (Fsp3) is 0.667. The van der Waals surface area contributed by atoms with Gasteiger partial charge in [0, 0.05) is 15.8 Å². The van der Waals surface area contributed by atoms with Crippen molar-refractivity contribution in [3.05, 3.63) is 21.4 Å². The van der Waals surface area contributed by atoms with Crippen molar-refractivity contribution in [2.75, 3.05) is 18.6 Å². The van der Waals surface area contributed by atoms with Crippen LogP contribution in [0.2, 0.25) is 0 Å². The molecule has 15 heavy (non-hydrogen) atoms. The van der Waals surface area contributed by atoms with E-state index in [1.165, 1.54) is 27.5 Å². The molecule has 1 N–H and O–H groups in total. The smallest absolute Gasteiger partial charge is 0.0302 e. The van der Waals surface area contributed by atoms with Crippen LogP contribution >= 0.6 is 23.1 Å². The molecule has 0 aliphatic heterocycles. The van der Waals surface area contributed by atoms with Gasteiger partial charge in [0.05, 0.1) is 0 Å². The van der Waals surface area contributed by atoms with Gasteiger partial charge in [-0.15, -0.1) is 11.3 Å². The van der Waals surface area contributed by atoms with Crippen LogP contribution in [-0.2, 0) is 0 Å². The summed E-state index contributed by atoms with van der Waals surface area (Å²) in [7, 11) is 0. The number of hydrogen-bond acceptors (Lipinski definition) is 3. The Kier molecular flexibility index (Phi) is 5.72. The van der Waals surface area contributed by atoms with Crippen LogP contribution in [0.3, 0.4) is 0 Å². The lowest BCUT2D eigenvalue weighted by atomic mass is 10.1.